The third-order valence-corrected chi connectivity index (χ3v) is 2.07. The van der Waals surface area contributed by atoms with Gasteiger partial charge in [-0.2, -0.15) is 5.48 Å². The van der Waals surface area contributed by atoms with E-state index in [0.717, 1.165) is 18.6 Å². The summed E-state index contributed by atoms with van der Waals surface area (Å²) in [5.74, 6) is 0. The molecule has 1 fully saturated rings. The molecule has 1 saturated heterocycles. The van der Waals surface area contributed by atoms with Crippen LogP contribution in [0.15, 0.2) is 18.5 Å². The Morgan fingerprint density at radius 3 is 3.17 bits per heavy atom. The van der Waals surface area contributed by atoms with E-state index in [1.165, 1.54) is 0 Å². The molecule has 0 saturated carbocycles. The van der Waals surface area contributed by atoms with Crippen LogP contribution >= 0.6 is 11.6 Å². The first-order valence-corrected chi connectivity index (χ1v) is 4.22. The van der Waals surface area contributed by atoms with Gasteiger partial charge in [0, 0.05) is 12.4 Å². The Morgan fingerprint density at radius 1 is 1.58 bits per heavy atom. The van der Waals surface area contributed by atoms with Gasteiger partial charge in [-0.1, -0.05) is 11.6 Å². The van der Waals surface area contributed by atoms with E-state index in [1.807, 2.05) is 6.07 Å². The van der Waals surface area contributed by atoms with Crippen molar-refractivity contribution in [3.63, 3.8) is 0 Å². The molecule has 1 atom stereocenters. The summed E-state index contributed by atoms with van der Waals surface area (Å²) >= 11 is 5.79. The topological polar surface area (TPSA) is 34.1 Å². The molecular formula is C8H9ClN2O. The third kappa shape index (κ3) is 1.58. The van der Waals surface area contributed by atoms with Crippen LogP contribution in [0, 0.1) is 0 Å². The molecule has 2 rings (SSSR count). The summed E-state index contributed by atoms with van der Waals surface area (Å²) in [5.41, 5.74) is 3.98. The molecule has 1 aromatic heterocycles. The third-order valence-electron chi connectivity index (χ3n) is 1.86. The highest BCUT2D eigenvalue weighted by Crippen LogP contribution is 2.22. The van der Waals surface area contributed by atoms with Gasteiger partial charge in [-0.25, -0.2) is 0 Å². The number of hydroxylamine groups is 1. The van der Waals surface area contributed by atoms with Crippen LogP contribution in [-0.4, -0.2) is 11.6 Å². The molecule has 1 aromatic rings. The number of pyridine rings is 1. The predicted molar refractivity (Wildman–Crippen MR) is 45.7 cm³/mol. The molecule has 0 radical (unpaired) electrons. The van der Waals surface area contributed by atoms with Gasteiger partial charge in [0.2, 0.25) is 0 Å². The van der Waals surface area contributed by atoms with E-state index in [2.05, 4.69) is 10.5 Å². The van der Waals surface area contributed by atoms with Crippen LogP contribution in [0.3, 0.4) is 0 Å². The van der Waals surface area contributed by atoms with Crippen molar-refractivity contribution in [3.05, 3.63) is 29.0 Å². The number of aromatic nitrogens is 1. The molecule has 0 bridgehead atoms. The minimum absolute atomic E-state index is 0.246. The van der Waals surface area contributed by atoms with Crippen molar-refractivity contribution in [2.75, 3.05) is 6.61 Å². The van der Waals surface area contributed by atoms with Crippen LogP contribution in [0.25, 0.3) is 0 Å². The van der Waals surface area contributed by atoms with Gasteiger partial charge in [0.25, 0.3) is 0 Å². The van der Waals surface area contributed by atoms with E-state index in [0.29, 0.717) is 5.02 Å². The van der Waals surface area contributed by atoms with E-state index < -0.39 is 0 Å². The first-order valence-electron chi connectivity index (χ1n) is 3.84. The van der Waals surface area contributed by atoms with Gasteiger partial charge in [-0.15, -0.1) is 0 Å². The van der Waals surface area contributed by atoms with E-state index in [-0.39, 0.29) is 6.04 Å². The second-order valence-electron chi connectivity index (χ2n) is 2.74. The first-order chi connectivity index (χ1) is 5.86. The van der Waals surface area contributed by atoms with Gasteiger partial charge < -0.3 is 4.84 Å². The van der Waals surface area contributed by atoms with Gasteiger partial charge >= 0.3 is 0 Å². The second-order valence-corrected chi connectivity index (χ2v) is 3.18. The first kappa shape index (κ1) is 7.98. The summed E-state index contributed by atoms with van der Waals surface area (Å²) in [5, 5.41) is 0.668. The largest absolute Gasteiger partial charge is 0.301 e. The summed E-state index contributed by atoms with van der Waals surface area (Å²) in [7, 11) is 0. The average molecular weight is 185 g/mol. The molecule has 0 aliphatic carbocycles. The molecule has 2 heterocycles. The Labute approximate surface area is 75.7 Å². The maximum atomic E-state index is 5.79. The number of halogens is 1. The minimum Gasteiger partial charge on any atom is -0.301 e. The standard InChI is InChI=1S/C8H9ClN2O/c9-7-3-6(4-10-5-7)8-1-2-12-11-8/h3-5,8,11H,1-2H2/t8-/m1/s1. The molecule has 0 unspecified atom stereocenters. The lowest BCUT2D eigenvalue weighted by Gasteiger charge is -2.07. The van der Waals surface area contributed by atoms with Crippen molar-refractivity contribution in [1.29, 1.82) is 0 Å². The lowest BCUT2D eigenvalue weighted by Crippen LogP contribution is -2.11. The minimum atomic E-state index is 0.246. The monoisotopic (exact) mass is 184 g/mol. The van der Waals surface area contributed by atoms with Crippen LogP contribution in [0.4, 0.5) is 0 Å². The van der Waals surface area contributed by atoms with Gasteiger partial charge in [-0.05, 0) is 18.1 Å². The molecule has 0 spiro atoms. The zero-order valence-corrected chi connectivity index (χ0v) is 7.21. The average Bonchev–Trinajstić information content (AvgIpc) is 2.56. The van der Waals surface area contributed by atoms with Crippen molar-refractivity contribution in [1.82, 2.24) is 10.5 Å². The van der Waals surface area contributed by atoms with E-state index >= 15 is 0 Å². The molecule has 1 N–H and O–H groups in total. The Hall–Kier alpha value is -0.640. The quantitative estimate of drug-likeness (QED) is 0.722. The van der Waals surface area contributed by atoms with Crippen LogP contribution in [-0.2, 0) is 4.84 Å². The zero-order valence-electron chi connectivity index (χ0n) is 6.46. The zero-order chi connectivity index (χ0) is 8.39. The van der Waals surface area contributed by atoms with Crippen LogP contribution < -0.4 is 5.48 Å². The Morgan fingerprint density at radius 2 is 2.50 bits per heavy atom. The number of nitrogens with zero attached hydrogens (tertiary/aromatic N) is 1. The van der Waals surface area contributed by atoms with Gasteiger partial charge in [0.1, 0.15) is 0 Å². The normalized spacial score (nSPS) is 22.9. The van der Waals surface area contributed by atoms with Crippen molar-refractivity contribution >= 4 is 11.6 Å². The lowest BCUT2D eigenvalue weighted by atomic mass is 10.1. The number of hydrogen-bond acceptors (Lipinski definition) is 3. The van der Waals surface area contributed by atoms with Gasteiger partial charge in [0.05, 0.1) is 17.7 Å². The van der Waals surface area contributed by atoms with Gasteiger partial charge in [-0.3, -0.25) is 4.98 Å². The van der Waals surface area contributed by atoms with Crippen LogP contribution in [0.5, 0.6) is 0 Å². The van der Waals surface area contributed by atoms with Crippen molar-refractivity contribution in [2.45, 2.75) is 12.5 Å². The molecule has 0 aromatic carbocycles. The Balaban J connectivity index is 2.21. The van der Waals surface area contributed by atoms with Crippen molar-refractivity contribution in [2.24, 2.45) is 0 Å². The lowest BCUT2D eigenvalue weighted by molar-refractivity contribution is 0.0882. The Bertz CT molecular complexity index is 274. The molecule has 4 heteroatoms. The SMILES string of the molecule is Clc1cncc([C@H]2CCON2)c1. The van der Waals surface area contributed by atoms with E-state index in [9.17, 15) is 0 Å². The highest BCUT2D eigenvalue weighted by Gasteiger charge is 2.17. The highest BCUT2D eigenvalue weighted by atomic mass is 35.5. The van der Waals surface area contributed by atoms with Crippen molar-refractivity contribution in [3.8, 4) is 0 Å². The van der Waals surface area contributed by atoms with Crippen molar-refractivity contribution < 1.29 is 4.84 Å². The summed E-state index contributed by atoms with van der Waals surface area (Å²) in [6, 6.07) is 2.15. The van der Waals surface area contributed by atoms with E-state index in [4.69, 9.17) is 16.4 Å². The fourth-order valence-electron chi connectivity index (χ4n) is 1.25. The molecule has 3 nitrogen and oxygen atoms in total. The summed E-state index contributed by atoms with van der Waals surface area (Å²) < 4.78 is 0. The molecular weight excluding hydrogens is 176 g/mol. The van der Waals surface area contributed by atoms with Gasteiger partial charge in [0.15, 0.2) is 0 Å². The molecule has 1 aliphatic rings. The fourth-order valence-corrected chi connectivity index (χ4v) is 1.43. The highest BCUT2D eigenvalue weighted by molar-refractivity contribution is 6.30. The van der Waals surface area contributed by atoms with Crippen LogP contribution in [0.1, 0.15) is 18.0 Å². The number of hydrogen-bond donors (Lipinski definition) is 1. The molecule has 12 heavy (non-hydrogen) atoms. The second kappa shape index (κ2) is 3.39. The number of rotatable bonds is 1. The maximum Gasteiger partial charge on any atom is 0.0701 e. The van der Waals surface area contributed by atoms with Crippen LogP contribution in [0.2, 0.25) is 5.02 Å². The predicted octanol–water partition coefficient (Wildman–Crippen LogP) is 1.70. The summed E-state index contributed by atoms with van der Waals surface area (Å²) in [6.07, 6.45) is 4.40. The molecule has 0 amide bonds. The number of nitrogens with one attached hydrogen (secondary N) is 1. The fraction of sp³-hybridized carbons (Fsp3) is 0.375. The van der Waals surface area contributed by atoms with E-state index in [1.54, 1.807) is 12.4 Å². The Kier molecular flexibility index (Phi) is 2.26. The molecule has 64 valence electrons. The molecule has 1 aliphatic heterocycles. The maximum absolute atomic E-state index is 5.79. The smallest absolute Gasteiger partial charge is 0.0701 e. The summed E-state index contributed by atoms with van der Waals surface area (Å²) in [4.78, 5) is 9.03. The summed E-state index contributed by atoms with van der Waals surface area (Å²) in [6.45, 7) is 0.747.